The Morgan fingerprint density at radius 2 is 1.93 bits per heavy atom. The molecule has 3 rings (SSSR count). The molecule has 0 aliphatic carbocycles. The van der Waals surface area contributed by atoms with Crippen LogP contribution in [0.5, 0.6) is 5.75 Å². The zero-order chi connectivity index (χ0) is 19.2. The van der Waals surface area contributed by atoms with E-state index < -0.39 is 0 Å². The molecule has 0 spiro atoms. The van der Waals surface area contributed by atoms with Crippen molar-refractivity contribution in [2.75, 3.05) is 24.4 Å². The van der Waals surface area contributed by atoms with Crippen LogP contribution < -0.4 is 15.0 Å². The molecule has 3 aromatic rings. The maximum absolute atomic E-state index is 12.6. The molecule has 0 unspecified atom stereocenters. The summed E-state index contributed by atoms with van der Waals surface area (Å²) in [6, 6.07) is 18.8. The van der Waals surface area contributed by atoms with Gasteiger partial charge in [-0.3, -0.25) is 9.78 Å². The lowest BCUT2D eigenvalue weighted by Crippen LogP contribution is -2.19. The number of benzene rings is 2. The largest absolute Gasteiger partial charge is 0.495 e. The molecule has 0 aliphatic rings. The van der Waals surface area contributed by atoms with E-state index in [0.717, 1.165) is 12.2 Å². The summed E-state index contributed by atoms with van der Waals surface area (Å²) < 4.78 is 5.26. The summed E-state index contributed by atoms with van der Waals surface area (Å²) in [4.78, 5) is 18.9. The van der Waals surface area contributed by atoms with Gasteiger partial charge in [-0.05, 0) is 35.9 Å². The van der Waals surface area contributed by atoms with Crippen molar-refractivity contribution >= 4 is 28.9 Å². The maximum atomic E-state index is 12.6. The molecule has 1 heterocycles. The Kier molecular flexibility index (Phi) is 5.94. The van der Waals surface area contributed by atoms with Crippen molar-refractivity contribution < 1.29 is 9.53 Å². The number of aromatic nitrogens is 1. The van der Waals surface area contributed by atoms with E-state index >= 15 is 0 Å². The Hall–Kier alpha value is -3.05. The van der Waals surface area contributed by atoms with Crippen LogP contribution in [0.2, 0.25) is 5.02 Å². The highest BCUT2D eigenvalue weighted by molar-refractivity contribution is 6.31. The van der Waals surface area contributed by atoms with E-state index in [1.807, 2.05) is 31.3 Å². The first-order valence-corrected chi connectivity index (χ1v) is 8.80. The van der Waals surface area contributed by atoms with E-state index in [2.05, 4.69) is 27.3 Å². The maximum Gasteiger partial charge on any atom is 0.274 e. The number of carbonyl (C=O) groups is 1. The second-order valence-electron chi connectivity index (χ2n) is 6.04. The lowest BCUT2D eigenvalue weighted by Gasteiger charge is -2.20. The van der Waals surface area contributed by atoms with E-state index in [1.165, 1.54) is 12.7 Å². The Morgan fingerprint density at radius 3 is 2.67 bits per heavy atom. The molecule has 5 nitrogen and oxygen atoms in total. The van der Waals surface area contributed by atoms with Crippen LogP contribution in [0, 0.1) is 0 Å². The normalized spacial score (nSPS) is 10.3. The molecule has 0 saturated heterocycles. The molecular formula is C21H20ClN3O2. The van der Waals surface area contributed by atoms with Gasteiger partial charge in [0.1, 0.15) is 11.4 Å². The molecule has 0 aliphatic heterocycles. The lowest BCUT2D eigenvalue weighted by molar-refractivity contribution is 0.102. The molecule has 0 saturated carbocycles. The van der Waals surface area contributed by atoms with Gasteiger partial charge in [-0.2, -0.15) is 0 Å². The Balaban J connectivity index is 1.77. The molecule has 0 radical (unpaired) electrons. The summed E-state index contributed by atoms with van der Waals surface area (Å²) in [5.41, 5.74) is 2.90. The van der Waals surface area contributed by atoms with Gasteiger partial charge in [-0.1, -0.05) is 41.9 Å². The van der Waals surface area contributed by atoms with Gasteiger partial charge in [0.25, 0.3) is 5.91 Å². The van der Waals surface area contributed by atoms with Crippen LogP contribution in [0.1, 0.15) is 16.1 Å². The Labute approximate surface area is 163 Å². The van der Waals surface area contributed by atoms with Crippen LogP contribution in [0.15, 0.2) is 66.9 Å². The number of halogens is 1. The lowest BCUT2D eigenvalue weighted by atomic mass is 10.2. The Bertz CT molecular complexity index is 932. The average Bonchev–Trinajstić information content (AvgIpc) is 2.69. The van der Waals surface area contributed by atoms with Gasteiger partial charge in [0.2, 0.25) is 0 Å². The van der Waals surface area contributed by atoms with Gasteiger partial charge >= 0.3 is 0 Å². The van der Waals surface area contributed by atoms with E-state index in [0.29, 0.717) is 22.2 Å². The zero-order valence-corrected chi connectivity index (χ0v) is 15.9. The van der Waals surface area contributed by atoms with Gasteiger partial charge in [0.05, 0.1) is 12.8 Å². The molecule has 0 fully saturated rings. The van der Waals surface area contributed by atoms with Crippen molar-refractivity contribution in [2.24, 2.45) is 0 Å². The van der Waals surface area contributed by atoms with Gasteiger partial charge in [0.15, 0.2) is 0 Å². The minimum Gasteiger partial charge on any atom is -0.495 e. The first-order valence-electron chi connectivity index (χ1n) is 8.43. The van der Waals surface area contributed by atoms with E-state index in [9.17, 15) is 4.79 Å². The number of ether oxygens (including phenoxy) is 1. The number of nitrogens with one attached hydrogen (secondary N) is 1. The summed E-state index contributed by atoms with van der Waals surface area (Å²) >= 11 is 6.02. The fraction of sp³-hybridized carbons (Fsp3) is 0.143. The molecule has 2 aromatic carbocycles. The summed E-state index contributed by atoms with van der Waals surface area (Å²) in [6.07, 6.45) is 1.63. The molecule has 0 bridgehead atoms. The molecule has 1 N–H and O–H groups in total. The Morgan fingerprint density at radius 1 is 1.15 bits per heavy atom. The number of anilines is 2. The highest BCUT2D eigenvalue weighted by atomic mass is 35.5. The fourth-order valence-electron chi connectivity index (χ4n) is 2.69. The van der Waals surface area contributed by atoms with E-state index in [1.54, 1.807) is 30.5 Å². The second-order valence-corrected chi connectivity index (χ2v) is 6.48. The van der Waals surface area contributed by atoms with Crippen LogP contribution in [0.3, 0.4) is 0 Å². The number of amides is 1. The van der Waals surface area contributed by atoms with Crippen LogP contribution in [-0.2, 0) is 6.54 Å². The van der Waals surface area contributed by atoms with Crippen LogP contribution in [0.4, 0.5) is 11.4 Å². The van der Waals surface area contributed by atoms with Crippen molar-refractivity contribution in [1.29, 1.82) is 0 Å². The third-order valence-electron chi connectivity index (χ3n) is 4.09. The zero-order valence-electron chi connectivity index (χ0n) is 15.1. The number of pyridine rings is 1. The van der Waals surface area contributed by atoms with E-state index in [4.69, 9.17) is 16.3 Å². The predicted octanol–water partition coefficient (Wildman–Crippen LogP) is 4.63. The number of methoxy groups -OCH3 is 1. The number of hydrogen-bond acceptors (Lipinski definition) is 4. The summed E-state index contributed by atoms with van der Waals surface area (Å²) in [5, 5.41) is 3.31. The molecule has 27 heavy (non-hydrogen) atoms. The first-order chi connectivity index (χ1) is 13.1. The summed E-state index contributed by atoms with van der Waals surface area (Å²) in [6.45, 7) is 0.730. The highest BCUT2D eigenvalue weighted by Crippen LogP contribution is 2.28. The monoisotopic (exact) mass is 381 g/mol. The molecule has 1 amide bonds. The molecule has 6 heteroatoms. The van der Waals surface area contributed by atoms with Crippen molar-refractivity contribution in [3.8, 4) is 5.75 Å². The van der Waals surface area contributed by atoms with Crippen molar-refractivity contribution in [1.82, 2.24) is 4.98 Å². The molecular weight excluding hydrogens is 362 g/mol. The topological polar surface area (TPSA) is 54.5 Å². The fourth-order valence-corrected chi connectivity index (χ4v) is 2.87. The number of carbonyl (C=O) groups excluding carboxylic acids is 1. The SMILES string of the molecule is COc1ccc(Cl)cc1NC(=O)c1cc(N(C)Cc2ccccc2)ccn1. The molecule has 1 aromatic heterocycles. The minimum absolute atomic E-state index is 0.314. The summed E-state index contributed by atoms with van der Waals surface area (Å²) in [5.74, 6) is 0.204. The van der Waals surface area contributed by atoms with E-state index in [-0.39, 0.29) is 5.91 Å². The third kappa shape index (κ3) is 4.77. The third-order valence-corrected chi connectivity index (χ3v) is 4.32. The van der Waals surface area contributed by atoms with Crippen molar-refractivity contribution in [3.05, 3.63) is 83.1 Å². The predicted molar refractivity (Wildman–Crippen MR) is 109 cm³/mol. The summed E-state index contributed by atoms with van der Waals surface area (Å²) in [7, 11) is 3.51. The van der Waals surface area contributed by atoms with Gasteiger partial charge in [0, 0.05) is 30.5 Å². The van der Waals surface area contributed by atoms with Gasteiger partial charge < -0.3 is 15.0 Å². The van der Waals surface area contributed by atoms with Gasteiger partial charge in [-0.25, -0.2) is 0 Å². The highest BCUT2D eigenvalue weighted by Gasteiger charge is 2.13. The smallest absolute Gasteiger partial charge is 0.274 e. The molecule has 138 valence electrons. The van der Waals surface area contributed by atoms with Crippen LogP contribution in [0.25, 0.3) is 0 Å². The average molecular weight is 382 g/mol. The second kappa shape index (κ2) is 8.56. The standard InChI is InChI=1S/C21H20ClN3O2/c1-25(14-15-6-4-3-5-7-15)17-10-11-23-19(13-17)21(26)24-18-12-16(22)8-9-20(18)27-2/h3-13H,14H2,1-2H3,(H,24,26). The molecule has 0 atom stereocenters. The minimum atomic E-state index is -0.328. The quantitative estimate of drug-likeness (QED) is 0.676. The number of hydrogen-bond donors (Lipinski definition) is 1. The number of nitrogens with zero attached hydrogens (tertiary/aromatic N) is 2. The van der Waals surface area contributed by atoms with Crippen LogP contribution in [-0.4, -0.2) is 25.0 Å². The van der Waals surface area contributed by atoms with Crippen molar-refractivity contribution in [3.63, 3.8) is 0 Å². The van der Waals surface area contributed by atoms with Gasteiger partial charge in [-0.15, -0.1) is 0 Å². The first kappa shape index (κ1) is 18.7. The van der Waals surface area contributed by atoms with Crippen LogP contribution >= 0.6 is 11.6 Å². The number of rotatable bonds is 6. The van der Waals surface area contributed by atoms with Crippen molar-refractivity contribution in [2.45, 2.75) is 6.54 Å².